The minimum atomic E-state index is -0.123. The van der Waals surface area contributed by atoms with E-state index in [9.17, 15) is 4.79 Å². The number of fused-ring (bicyclic) bond motifs is 1. The zero-order valence-corrected chi connectivity index (χ0v) is 19.5. The molecule has 0 bridgehead atoms. The third kappa shape index (κ3) is 5.14. The highest BCUT2D eigenvalue weighted by Gasteiger charge is 2.24. The largest absolute Gasteiger partial charge is 0.494 e. The number of aromatic nitrogens is 2. The van der Waals surface area contributed by atoms with E-state index in [0.29, 0.717) is 50.9 Å². The molecule has 1 fully saturated rings. The SMILES string of the molecule is C=CCOc1cc2ncnc(N3CCN(C(=O)Nc4ccc(OCC)cc4)CC3)c2cc1OC. The van der Waals surface area contributed by atoms with Crippen molar-refractivity contribution in [3.05, 3.63) is 55.4 Å². The number of rotatable bonds is 8. The second-order valence-electron chi connectivity index (χ2n) is 7.68. The smallest absolute Gasteiger partial charge is 0.321 e. The lowest BCUT2D eigenvalue weighted by molar-refractivity contribution is 0.208. The minimum absolute atomic E-state index is 0.123. The first-order chi connectivity index (χ1) is 16.6. The lowest BCUT2D eigenvalue weighted by Crippen LogP contribution is -2.50. The summed E-state index contributed by atoms with van der Waals surface area (Å²) in [6, 6.07) is 11.0. The molecule has 1 saturated heterocycles. The molecule has 34 heavy (non-hydrogen) atoms. The average molecular weight is 464 g/mol. The topological polar surface area (TPSA) is 89.1 Å². The van der Waals surface area contributed by atoms with Crippen LogP contribution in [0.25, 0.3) is 10.9 Å². The average Bonchev–Trinajstić information content (AvgIpc) is 2.88. The van der Waals surface area contributed by atoms with Crippen molar-refractivity contribution >= 4 is 28.4 Å². The molecule has 1 aliphatic rings. The van der Waals surface area contributed by atoms with Crippen molar-refractivity contribution in [2.24, 2.45) is 0 Å². The third-order valence-corrected chi connectivity index (χ3v) is 5.54. The van der Waals surface area contributed by atoms with Gasteiger partial charge in [0, 0.05) is 43.3 Å². The number of anilines is 2. The van der Waals surface area contributed by atoms with Crippen LogP contribution in [0.3, 0.4) is 0 Å². The summed E-state index contributed by atoms with van der Waals surface area (Å²) in [6.45, 7) is 9.06. The number of benzene rings is 2. The molecule has 0 unspecified atom stereocenters. The number of carbonyl (C=O) groups is 1. The van der Waals surface area contributed by atoms with E-state index in [0.717, 1.165) is 28.2 Å². The Kier molecular flexibility index (Phi) is 7.31. The van der Waals surface area contributed by atoms with E-state index in [1.54, 1.807) is 24.4 Å². The van der Waals surface area contributed by atoms with Crippen molar-refractivity contribution in [2.75, 3.05) is 56.7 Å². The monoisotopic (exact) mass is 463 g/mol. The number of nitrogens with zero attached hydrogens (tertiary/aromatic N) is 4. The van der Waals surface area contributed by atoms with Crippen LogP contribution in [0.2, 0.25) is 0 Å². The first kappa shape index (κ1) is 23.2. The molecule has 2 heterocycles. The Bertz CT molecular complexity index is 1140. The Labute approximate surface area is 199 Å². The van der Waals surface area contributed by atoms with Crippen LogP contribution in [-0.4, -0.2) is 67.4 Å². The van der Waals surface area contributed by atoms with E-state index in [4.69, 9.17) is 14.2 Å². The summed E-state index contributed by atoms with van der Waals surface area (Å²) in [5.74, 6) is 2.81. The fourth-order valence-corrected chi connectivity index (χ4v) is 3.85. The van der Waals surface area contributed by atoms with Gasteiger partial charge in [-0.15, -0.1) is 0 Å². The molecule has 0 radical (unpaired) electrons. The van der Waals surface area contributed by atoms with Crippen molar-refractivity contribution in [3.63, 3.8) is 0 Å². The summed E-state index contributed by atoms with van der Waals surface area (Å²) >= 11 is 0. The number of methoxy groups -OCH3 is 1. The van der Waals surface area contributed by atoms with Crippen LogP contribution in [0.5, 0.6) is 17.2 Å². The molecule has 178 valence electrons. The fourth-order valence-electron chi connectivity index (χ4n) is 3.85. The lowest BCUT2D eigenvalue weighted by atomic mass is 10.2. The van der Waals surface area contributed by atoms with Crippen molar-refractivity contribution in [3.8, 4) is 17.2 Å². The standard InChI is InChI=1S/C25H29N5O4/c1-4-14-34-23-16-21-20(15-22(23)32-3)24(27-17-26-21)29-10-12-30(13-11-29)25(31)28-18-6-8-19(9-7-18)33-5-2/h4,6-9,15-17H,1,5,10-14H2,2-3H3,(H,28,31). The van der Waals surface area contributed by atoms with E-state index in [2.05, 4.69) is 26.8 Å². The molecule has 1 N–H and O–H groups in total. The van der Waals surface area contributed by atoms with E-state index < -0.39 is 0 Å². The van der Waals surface area contributed by atoms with Gasteiger partial charge in [-0.1, -0.05) is 12.7 Å². The Morgan fingerprint density at radius 2 is 1.85 bits per heavy atom. The molecule has 0 atom stereocenters. The van der Waals surface area contributed by atoms with Crippen LogP contribution in [0, 0.1) is 0 Å². The number of hydrogen-bond acceptors (Lipinski definition) is 7. The highest BCUT2D eigenvalue weighted by atomic mass is 16.5. The molecule has 3 aromatic rings. The summed E-state index contributed by atoms with van der Waals surface area (Å²) in [7, 11) is 1.60. The molecule has 0 saturated carbocycles. The zero-order chi connectivity index (χ0) is 23.9. The first-order valence-corrected chi connectivity index (χ1v) is 11.2. The summed E-state index contributed by atoms with van der Waals surface area (Å²) in [4.78, 5) is 25.6. The summed E-state index contributed by atoms with van der Waals surface area (Å²) in [5.41, 5.74) is 1.50. The van der Waals surface area contributed by atoms with Crippen LogP contribution >= 0.6 is 0 Å². The summed E-state index contributed by atoms with van der Waals surface area (Å²) in [6.07, 6.45) is 3.23. The van der Waals surface area contributed by atoms with Gasteiger partial charge in [-0.05, 0) is 37.3 Å². The van der Waals surface area contributed by atoms with Gasteiger partial charge in [-0.3, -0.25) is 0 Å². The molecule has 2 aromatic carbocycles. The predicted octanol–water partition coefficient (Wildman–Crippen LogP) is 3.96. The minimum Gasteiger partial charge on any atom is -0.494 e. The van der Waals surface area contributed by atoms with E-state index in [1.165, 1.54) is 0 Å². The van der Waals surface area contributed by atoms with E-state index in [-0.39, 0.29) is 6.03 Å². The van der Waals surface area contributed by atoms with E-state index in [1.807, 2.05) is 43.3 Å². The maximum absolute atomic E-state index is 12.7. The maximum Gasteiger partial charge on any atom is 0.321 e. The van der Waals surface area contributed by atoms with Crippen LogP contribution in [0.15, 0.2) is 55.4 Å². The number of amides is 2. The molecule has 9 heteroatoms. The van der Waals surface area contributed by atoms with Gasteiger partial charge in [0.1, 0.15) is 24.5 Å². The lowest BCUT2D eigenvalue weighted by Gasteiger charge is -2.35. The Hall–Kier alpha value is -4.01. The van der Waals surface area contributed by atoms with Crippen LogP contribution < -0.4 is 24.4 Å². The number of hydrogen-bond donors (Lipinski definition) is 1. The molecule has 2 amide bonds. The van der Waals surface area contributed by atoms with Crippen LogP contribution in [0.4, 0.5) is 16.3 Å². The molecule has 1 aliphatic heterocycles. The molecule has 0 aliphatic carbocycles. The van der Waals surface area contributed by atoms with Crippen LogP contribution in [-0.2, 0) is 0 Å². The predicted molar refractivity (Wildman–Crippen MR) is 132 cm³/mol. The van der Waals surface area contributed by atoms with Gasteiger partial charge in [-0.25, -0.2) is 14.8 Å². The normalized spacial score (nSPS) is 13.5. The van der Waals surface area contributed by atoms with Gasteiger partial charge in [0.15, 0.2) is 11.5 Å². The quantitative estimate of drug-likeness (QED) is 0.506. The molecular formula is C25H29N5O4. The van der Waals surface area contributed by atoms with E-state index >= 15 is 0 Å². The maximum atomic E-state index is 12.7. The molecule has 4 rings (SSSR count). The highest BCUT2D eigenvalue weighted by molar-refractivity contribution is 5.92. The summed E-state index contributed by atoms with van der Waals surface area (Å²) in [5, 5.41) is 3.83. The van der Waals surface area contributed by atoms with Crippen molar-refractivity contribution in [1.29, 1.82) is 0 Å². The number of nitrogens with one attached hydrogen (secondary N) is 1. The molecule has 1 aromatic heterocycles. The fraction of sp³-hybridized carbons (Fsp3) is 0.320. The van der Waals surface area contributed by atoms with Crippen molar-refractivity contribution in [1.82, 2.24) is 14.9 Å². The van der Waals surface area contributed by atoms with Crippen molar-refractivity contribution < 1.29 is 19.0 Å². The first-order valence-electron chi connectivity index (χ1n) is 11.2. The molecule has 9 nitrogen and oxygen atoms in total. The highest BCUT2D eigenvalue weighted by Crippen LogP contribution is 2.35. The second kappa shape index (κ2) is 10.7. The molecule has 0 spiro atoms. The number of urea groups is 1. The number of carbonyl (C=O) groups excluding carboxylic acids is 1. The second-order valence-corrected chi connectivity index (χ2v) is 7.68. The van der Waals surface area contributed by atoms with Gasteiger partial charge in [0.05, 0.1) is 19.2 Å². The Morgan fingerprint density at radius 1 is 1.09 bits per heavy atom. The Balaban J connectivity index is 1.43. The molecular weight excluding hydrogens is 434 g/mol. The van der Waals surface area contributed by atoms with Gasteiger partial charge in [-0.2, -0.15) is 0 Å². The van der Waals surface area contributed by atoms with Gasteiger partial charge in [0.25, 0.3) is 0 Å². The third-order valence-electron chi connectivity index (χ3n) is 5.54. The summed E-state index contributed by atoms with van der Waals surface area (Å²) < 4.78 is 16.7. The number of ether oxygens (including phenoxy) is 3. The Morgan fingerprint density at radius 3 is 2.53 bits per heavy atom. The van der Waals surface area contributed by atoms with Gasteiger partial charge in [0.2, 0.25) is 0 Å². The van der Waals surface area contributed by atoms with Crippen molar-refractivity contribution in [2.45, 2.75) is 6.92 Å². The van der Waals surface area contributed by atoms with Crippen LogP contribution in [0.1, 0.15) is 6.92 Å². The number of piperazine rings is 1. The van der Waals surface area contributed by atoms with Gasteiger partial charge < -0.3 is 29.3 Å². The zero-order valence-electron chi connectivity index (χ0n) is 19.5. The van der Waals surface area contributed by atoms with Gasteiger partial charge >= 0.3 is 6.03 Å².